The zero-order chi connectivity index (χ0) is 16.3. The van der Waals surface area contributed by atoms with Gasteiger partial charge in [-0.05, 0) is 36.4 Å². The maximum atomic E-state index is 12.3. The average molecular weight is 321 g/mol. The molecule has 0 radical (unpaired) electrons. The van der Waals surface area contributed by atoms with Crippen LogP contribution in [0.4, 0.5) is 5.69 Å². The number of carboxylic acids is 2. The molecule has 0 amide bonds. The van der Waals surface area contributed by atoms with Gasteiger partial charge in [-0.25, -0.2) is 18.0 Å². The van der Waals surface area contributed by atoms with Crippen LogP contribution >= 0.6 is 0 Å². The van der Waals surface area contributed by atoms with Crippen LogP contribution in [-0.4, -0.2) is 30.6 Å². The van der Waals surface area contributed by atoms with Gasteiger partial charge in [-0.15, -0.1) is 0 Å². The van der Waals surface area contributed by atoms with E-state index in [0.717, 1.165) is 0 Å². The molecule has 0 saturated carbocycles. The molecule has 0 fully saturated rings. The van der Waals surface area contributed by atoms with Crippen molar-refractivity contribution >= 4 is 27.6 Å². The molecule has 0 aromatic heterocycles. The maximum absolute atomic E-state index is 12.3. The molecule has 2 rings (SSSR count). The summed E-state index contributed by atoms with van der Waals surface area (Å²) in [5, 5.41) is 17.8. The number of sulfonamides is 1. The molecule has 0 heterocycles. The highest BCUT2D eigenvalue weighted by Crippen LogP contribution is 2.20. The third-order valence-corrected chi connectivity index (χ3v) is 4.23. The molecular formula is C14H11NO6S. The lowest BCUT2D eigenvalue weighted by atomic mass is 10.2. The summed E-state index contributed by atoms with van der Waals surface area (Å²) in [6.45, 7) is 0. The van der Waals surface area contributed by atoms with E-state index < -0.39 is 22.0 Å². The van der Waals surface area contributed by atoms with E-state index in [1.165, 1.54) is 48.5 Å². The maximum Gasteiger partial charge on any atom is 0.337 e. The monoisotopic (exact) mass is 321 g/mol. The third kappa shape index (κ3) is 3.23. The van der Waals surface area contributed by atoms with Gasteiger partial charge in [-0.3, -0.25) is 4.72 Å². The van der Waals surface area contributed by atoms with Crippen LogP contribution in [0.15, 0.2) is 53.4 Å². The predicted molar refractivity (Wildman–Crippen MR) is 77.6 cm³/mol. The number of aromatic carboxylic acids is 2. The first-order valence-corrected chi connectivity index (χ1v) is 7.48. The van der Waals surface area contributed by atoms with Crippen molar-refractivity contribution in [3.8, 4) is 0 Å². The Morgan fingerprint density at radius 1 is 0.864 bits per heavy atom. The van der Waals surface area contributed by atoms with Gasteiger partial charge in [-0.1, -0.05) is 12.1 Å². The highest BCUT2D eigenvalue weighted by molar-refractivity contribution is 7.92. The number of rotatable bonds is 5. The number of hydrogen-bond donors (Lipinski definition) is 3. The molecule has 0 spiro atoms. The number of hydrogen-bond acceptors (Lipinski definition) is 4. The Bertz CT molecular complexity index is 827. The Balaban J connectivity index is 2.36. The van der Waals surface area contributed by atoms with Gasteiger partial charge in [0.2, 0.25) is 0 Å². The first-order valence-electron chi connectivity index (χ1n) is 6.00. The minimum absolute atomic E-state index is 0.00823. The molecule has 0 saturated heterocycles. The largest absolute Gasteiger partial charge is 0.478 e. The fourth-order valence-corrected chi connectivity index (χ4v) is 3.03. The third-order valence-electron chi connectivity index (χ3n) is 2.79. The molecule has 22 heavy (non-hydrogen) atoms. The van der Waals surface area contributed by atoms with Crippen molar-refractivity contribution in [2.45, 2.75) is 4.90 Å². The van der Waals surface area contributed by atoms with Crippen LogP contribution in [0, 0.1) is 0 Å². The summed E-state index contributed by atoms with van der Waals surface area (Å²) >= 11 is 0. The van der Waals surface area contributed by atoms with Gasteiger partial charge in [0.05, 0.1) is 11.1 Å². The molecule has 0 bridgehead atoms. The molecule has 0 atom stereocenters. The van der Waals surface area contributed by atoms with Crippen molar-refractivity contribution in [3.05, 3.63) is 59.7 Å². The summed E-state index contributed by atoms with van der Waals surface area (Å²) in [6, 6.07) is 10.2. The van der Waals surface area contributed by atoms with Crippen LogP contribution in [0.3, 0.4) is 0 Å². The van der Waals surface area contributed by atoms with Gasteiger partial charge in [0.15, 0.2) is 0 Å². The zero-order valence-corrected chi connectivity index (χ0v) is 11.9. The molecule has 7 nitrogen and oxygen atoms in total. The molecule has 3 N–H and O–H groups in total. The Morgan fingerprint density at radius 2 is 1.45 bits per heavy atom. The van der Waals surface area contributed by atoms with E-state index in [9.17, 15) is 18.0 Å². The van der Waals surface area contributed by atoms with E-state index in [1.54, 1.807) is 0 Å². The quantitative estimate of drug-likeness (QED) is 0.773. The fraction of sp³-hybridized carbons (Fsp3) is 0. The summed E-state index contributed by atoms with van der Waals surface area (Å²) in [4.78, 5) is 21.4. The Labute approximate surface area is 125 Å². The number of benzene rings is 2. The highest BCUT2D eigenvalue weighted by atomic mass is 32.2. The molecule has 114 valence electrons. The number of carboxylic acid groups (broad SMARTS) is 2. The molecule has 8 heteroatoms. The van der Waals surface area contributed by atoms with Crippen LogP contribution in [-0.2, 0) is 10.0 Å². The van der Waals surface area contributed by atoms with Gasteiger partial charge in [0.1, 0.15) is 4.90 Å². The van der Waals surface area contributed by atoms with Crippen molar-refractivity contribution in [2.75, 3.05) is 4.72 Å². The summed E-state index contributed by atoms with van der Waals surface area (Å²) in [7, 11) is -4.10. The van der Waals surface area contributed by atoms with Crippen molar-refractivity contribution in [1.82, 2.24) is 0 Å². The van der Waals surface area contributed by atoms with Gasteiger partial charge in [-0.2, -0.15) is 0 Å². The zero-order valence-electron chi connectivity index (χ0n) is 11.1. The first-order chi connectivity index (χ1) is 10.3. The SMILES string of the molecule is O=C(O)c1ccc(NS(=O)(=O)c2ccccc2C(=O)O)cc1. The standard InChI is InChI=1S/C14H11NO6S/c16-13(17)9-5-7-10(8-6-9)15-22(20,21)12-4-2-1-3-11(12)14(18)19/h1-8,15H,(H,16,17)(H,18,19). The minimum Gasteiger partial charge on any atom is -0.478 e. The molecule has 0 aliphatic rings. The van der Waals surface area contributed by atoms with Gasteiger partial charge in [0, 0.05) is 5.69 Å². The lowest BCUT2D eigenvalue weighted by Gasteiger charge is -2.10. The normalized spacial score (nSPS) is 10.9. The summed E-state index contributed by atoms with van der Waals surface area (Å²) in [5.41, 5.74) is -0.212. The van der Waals surface area contributed by atoms with Crippen molar-refractivity contribution in [2.24, 2.45) is 0 Å². The average Bonchev–Trinajstić information content (AvgIpc) is 2.47. The second-order valence-electron chi connectivity index (χ2n) is 4.29. The van der Waals surface area contributed by atoms with Crippen LogP contribution in [0.1, 0.15) is 20.7 Å². The van der Waals surface area contributed by atoms with Gasteiger partial charge in [0.25, 0.3) is 10.0 Å². The number of nitrogens with one attached hydrogen (secondary N) is 1. The van der Waals surface area contributed by atoms with Crippen LogP contribution in [0.5, 0.6) is 0 Å². The lowest BCUT2D eigenvalue weighted by Crippen LogP contribution is -2.16. The van der Waals surface area contributed by atoms with Crippen molar-refractivity contribution < 1.29 is 28.2 Å². The van der Waals surface area contributed by atoms with E-state index in [4.69, 9.17) is 10.2 Å². The Hall–Kier alpha value is -2.87. The Kier molecular flexibility index (Phi) is 4.13. The van der Waals surface area contributed by atoms with E-state index in [1.807, 2.05) is 0 Å². The molecule has 0 aliphatic carbocycles. The van der Waals surface area contributed by atoms with Gasteiger partial charge < -0.3 is 10.2 Å². The lowest BCUT2D eigenvalue weighted by molar-refractivity contribution is 0.0684. The van der Waals surface area contributed by atoms with E-state index in [-0.39, 0.29) is 21.7 Å². The molecule has 2 aromatic carbocycles. The van der Waals surface area contributed by atoms with E-state index >= 15 is 0 Å². The molecular weight excluding hydrogens is 310 g/mol. The first kappa shape index (κ1) is 15.5. The Morgan fingerprint density at radius 3 is 2.00 bits per heavy atom. The smallest absolute Gasteiger partial charge is 0.337 e. The predicted octanol–water partition coefficient (Wildman–Crippen LogP) is 1.88. The summed E-state index contributed by atoms with van der Waals surface area (Å²) in [5.74, 6) is -2.49. The van der Waals surface area contributed by atoms with E-state index in [2.05, 4.69) is 4.72 Å². The highest BCUT2D eigenvalue weighted by Gasteiger charge is 2.21. The van der Waals surface area contributed by atoms with Crippen molar-refractivity contribution in [1.29, 1.82) is 0 Å². The molecule has 2 aromatic rings. The van der Waals surface area contributed by atoms with Gasteiger partial charge >= 0.3 is 11.9 Å². The minimum atomic E-state index is -4.10. The molecule has 0 unspecified atom stereocenters. The summed E-state index contributed by atoms with van der Waals surface area (Å²) in [6.07, 6.45) is 0. The second kappa shape index (κ2) is 5.86. The van der Waals surface area contributed by atoms with Crippen molar-refractivity contribution in [3.63, 3.8) is 0 Å². The topological polar surface area (TPSA) is 121 Å². The summed E-state index contributed by atoms with van der Waals surface area (Å²) < 4.78 is 26.7. The number of carbonyl (C=O) groups is 2. The van der Waals surface area contributed by atoms with Crippen LogP contribution < -0.4 is 4.72 Å². The van der Waals surface area contributed by atoms with Crippen LogP contribution in [0.25, 0.3) is 0 Å². The molecule has 0 aliphatic heterocycles. The van der Waals surface area contributed by atoms with Crippen LogP contribution in [0.2, 0.25) is 0 Å². The fourth-order valence-electron chi connectivity index (χ4n) is 1.77. The second-order valence-corrected chi connectivity index (χ2v) is 5.94. The number of anilines is 1. The van der Waals surface area contributed by atoms with E-state index in [0.29, 0.717) is 0 Å².